The van der Waals surface area contributed by atoms with Crippen molar-refractivity contribution in [2.75, 3.05) is 37.5 Å². The summed E-state index contributed by atoms with van der Waals surface area (Å²) in [7, 11) is 3.19. The van der Waals surface area contributed by atoms with E-state index in [2.05, 4.69) is 30.5 Å². The predicted molar refractivity (Wildman–Crippen MR) is 99.9 cm³/mol. The van der Waals surface area contributed by atoms with Crippen LogP contribution in [-0.4, -0.2) is 54.1 Å². The fourth-order valence-corrected chi connectivity index (χ4v) is 3.02. The van der Waals surface area contributed by atoms with Crippen LogP contribution in [0.2, 0.25) is 0 Å². The van der Waals surface area contributed by atoms with E-state index < -0.39 is 0 Å². The van der Waals surface area contributed by atoms with Crippen molar-refractivity contribution < 1.29 is 9.53 Å². The van der Waals surface area contributed by atoms with E-state index in [0.29, 0.717) is 5.88 Å². The summed E-state index contributed by atoms with van der Waals surface area (Å²) in [6.45, 7) is 5.52. The van der Waals surface area contributed by atoms with Gasteiger partial charge in [-0.1, -0.05) is 6.07 Å². The molecule has 0 bridgehead atoms. The summed E-state index contributed by atoms with van der Waals surface area (Å²) in [6, 6.07) is 5.90. The van der Waals surface area contributed by atoms with Gasteiger partial charge in [-0.25, -0.2) is 9.97 Å². The van der Waals surface area contributed by atoms with E-state index in [0.717, 1.165) is 42.4 Å². The molecule has 0 spiro atoms. The van der Waals surface area contributed by atoms with Crippen molar-refractivity contribution in [3.63, 3.8) is 0 Å². The molecule has 0 radical (unpaired) electrons. The fraction of sp³-hybridized carbons (Fsp3) is 0.444. The van der Waals surface area contributed by atoms with Crippen LogP contribution in [0.3, 0.4) is 0 Å². The highest BCUT2D eigenvalue weighted by Gasteiger charge is 2.26. The molecular formula is C18H24N6O2. The summed E-state index contributed by atoms with van der Waals surface area (Å²) in [4.78, 5) is 27.3. The number of carbonyl (C=O) groups is 1. The van der Waals surface area contributed by atoms with Crippen molar-refractivity contribution in [3.05, 3.63) is 35.3 Å². The number of hydrogen-bond donors (Lipinski definition) is 2. The topological polar surface area (TPSA) is 92.3 Å². The van der Waals surface area contributed by atoms with E-state index in [4.69, 9.17) is 4.74 Å². The molecule has 3 heterocycles. The Hall–Kier alpha value is -2.90. The highest BCUT2D eigenvalue weighted by Crippen LogP contribution is 2.25. The second-order valence-corrected chi connectivity index (χ2v) is 6.30. The zero-order chi connectivity index (χ0) is 18.7. The van der Waals surface area contributed by atoms with Gasteiger partial charge in [-0.3, -0.25) is 4.79 Å². The van der Waals surface area contributed by atoms with Gasteiger partial charge in [0.1, 0.15) is 11.6 Å². The molecule has 0 aromatic carbocycles. The number of methoxy groups -OCH3 is 1. The van der Waals surface area contributed by atoms with Crippen molar-refractivity contribution in [2.24, 2.45) is 0 Å². The Balaban J connectivity index is 1.76. The number of carbonyl (C=O) groups excluding carboxylic acids is 1. The fourth-order valence-electron chi connectivity index (χ4n) is 3.02. The van der Waals surface area contributed by atoms with Gasteiger partial charge in [0.15, 0.2) is 0 Å². The summed E-state index contributed by atoms with van der Waals surface area (Å²) in [5.74, 6) is 2.12. The molecule has 0 unspecified atom stereocenters. The lowest BCUT2D eigenvalue weighted by atomic mass is 10.2. The van der Waals surface area contributed by atoms with Gasteiger partial charge in [0.2, 0.25) is 11.7 Å². The molecule has 26 heavy (non-hydrogen) atoms. The van der Waals surface area contributed by atoms with E-state index >= 15 is 0 Å². The minimum absolute atomic E-state index is 0.205. The second-order valence-electron chi connectivity index (χ2n) is 6.30. The number of aromatic nitrogens is 3. The Morgan fingerprint density at radius 1 is 1.27 bits per heavy atom. The number of pyridine rings is 1. The molecule has 1 amide bonds. The van der Waals surface area contributed by atoms with Crippen LogP contribution in [-0.2, 0) is 0 Å². The number of hydrogen-bond acceptors (Lipinski definition) is 7. The number of aryl methyl sites for hydroxylation is 1. The lowest BCUT2D eigenvalue weighted by Crippen LogP contribution is -2.29. The molecule has 8 nitrogen and oxygen atoms in total. The number of amides is 1. The smallest absolute Gasteiger partial charge is 0.288 e. The van der Waals surface area contributed by atoms with Gasteiger partial charge < -0.3 is 20.3 Å². The van der Waals surface area contributed by atoms with E-state index in [9.17, 15) is 4.79 Å². The lowest BCUT2D eigenvalue weighted by molar-refractivity contribution is 0.0952. The SMILES string of the molecule is CNC(=O)c1nc(C)c(C)c(N2CC[C@@H](Nc3cccc(OC)n3)C2)n1. The minimum atomic E-state index is -0.274. The molecule has 1 fully saturated rings. The molecule has 0 aliphatic carbocycles. The molecule has 8 heteroatoms. The minimum Gasteiger partial charge on any atom is -0.481 e. The van der Waals surface area contributed by atoms with Gasteiger partial charge >= 0.3 is 0 Å². The van der Waals surface area contributed by atoms with Crippen LogP contribution in [0.15, 0.2) is 18.2 Å². The first kappa shape index (κ1) is 17.9. The van der Waals surface area contributed by atoms with Crippen LogP contribution in [0, 0.1) is 13.8 Å². The van der Waals surface area contributed by atoms with Crippen LogP contribution in [0.5, 0.6) is 5.88 Å². The van der Waals surface area contributed by atoms with E-state index in [1.54, 1.807) is 14.2 Å². The summed E-state index contributed by atoms with van der Waals surface area (Å²) in [5.41, 5.74) is 1.82. The van der Waals surface area contributed by atoms with Crippen molar-refractivity contribution in [1.29, 1.82) is 0 Å². The quantitative estimate of drug-likeness (QED) is 0.839. The largest absolute Gasteiger partial charge is 0.481 e. The summed E-state index contributed by atoms with van der Waals surface area (Å²) in [5, 5.41) is 6.03. The van der Waals surface area contributed by atoms with E-state index in [-0.39, 0.29) is 17.8 Å². The number of nitrogens with one attached hydrogen (secondary N) is 2. The Kier molecular flexibility index (Phi) is 5.20. The normalized spacial score (nSPS) is 16.5. The Morgan fingerprint density at radius 2 is 2.08 bits per heavy atom. The van der Waals surface area contributed by atoms with E-state index in [1.165, 1.54) is 0 Å². The second kappa shape index (κ2) is 7.55. The molecule has 1 atom stereocenters. The third-order valence-electron chi connectivity index (χ3n) is 4.57. The average molecular weight is 356 g/mol. The maximum atomic E-state index is 11.9. The van der Waals surface area contributed by atoms with Crippen LogP contribution < -0.4 is 20.3 Å². The van der Waals surface area contributed by atoms with Crippen molar-refractivity contribution in [2.45, 2.75) is 26.3 Å². The third-order valence-corrected chi connectivity index (χ3v) is 4.57. The summed E-state index contributed by atoms with van der Waals surface area (Å²) < 4.78 is 5.17. The third kappa shape index (κ3) is 3.68. The van der Waals surface area contributed by atoms with Gasteiger partial charge in [0, 0.05) is 43.5 Å². The molecule has 2 aromatic rings. The maximum Gasteiger partial charge on any atom is 0.288 e. The standard InChI is InChI=1S/C18H24N6O2/c1-11-12(2)20-16(18(25)19-3)23-17(11)24-9-8-13(10-24)21-14-6-5-7-15(22-14)26-4/h5-7,13H,8-10H2,1-4H3,(H,19,25)(H,21,22)/t13-/m1/s1. The van der Waals surface area contributed by atoms with Crippen molar-refractivity contribution in [1.82, 2.24) is 20.3 Å². The average Bonchev–Trinajstić information content (AvgIpc) is 3.11. The predicted octanol–water partition coefficient (Wildman–Crippen LogP) is 1.55. The first-order valence-corrected chi connectivity index (χ1v) is 8.61. The van der Waals surface area contributed by atoms with Gasteiger partial charge in [0.25, 0.3) is 5.91 Å². The molecule has 2 N–H and O–H groups in total. The molecular weight excluding hydrogens is 332 g/mol. The summed E-state index contributed by atoms with van der Waals surface area (Å²) >= 11 is 0. The highest BCUT2D eigenvalue weighted by atomic mass is 16.5. The molecule has 0 saturated carbocycles. The van der Waals surface area contributed by atoms with Gasteiger partial charge in [-0.05, 0) is 26.3 Å². The van der Waals surface area contributed by atoms with Gasteiger partial charge in [-0.2, -0.15) is 4.98 Å². The van der Waals surface area contributed by atoms with Crippen LogP contribution in [0.4, 0.5) is 11.6 Å². The molecule has 2 aromatic heterocycles. The van der Waals surface area contributed by atoms with Crippen molar-refractivity contribution in [3.8, 4) is 5.88 Å². The molecule has 1 aliphatic heterocycles. The summed E-state index contributed by atoms with van der Waals surface area (Å²) in [6.07, 6.45) is 0.955. The van der Waals surface area contributed by atoms with Crippen LogP contribution >= 0.6 is 0 Å². The van der Waals surface area contributed by atoms with E-state index in [1.807, 2.05) is 32.0 Å². The monoisotopic (exact) mass is 356 g/mol. The molecule has 3 rings (SSSR count). The Labute approximate surface area is 153 Å². The lowest BCUT2D eigenvalue weighted by Gasteiger charge is -2.21. The maximum absolute atomic E-state index is 11.9. The number of ether oxygens (including phenoxy) is 1. The highest BCUT2D eigenvalue weighted by molar-refractivity contribution is 5.90. The van der Waals surface area contributed by atoms with Gasteiger partial charge in [0.05, 0.1) is 7.11 Å². The molecule has 1 saturated heterocycles. The number of rotatable bonds is 5. The number of anilines is 2. The van der Waals surface area contributed by atoms with Crippen molar-refractivity contribution >= 4 is 17.5 Å². The Morgan fingerprint density at radius 3 is 2.81 bits per heavy atom. The van der Waals surface area contributed by atoms with Crippen LogP contribution in [0.25, 0.3) is 0 Å². The first-order valence-electron chi connectivity index (χ1n) is 8.61. The zero-order valence-corrected chi connectivity index (χ0v) is 15.5. The molecule has 138 valence electrons. The zero-order valence-electron chi connectivity index (χ0n) is 15.5. The first-order chi connectivity index (χ1) is 12.5. The molecule has 1 aliphatic rings. The van der Waals surface area contributed by atoms with Gasteiger partial charge in [-0.15, -0.1) is 0 Å². The number of nitrogens with zero attached hydrogens (tertiary/aromatic N) is 4. The van der Waals surface area contributed by atoms with Crippen LogP contribution in [0.1, 0.15) is 28.3 Å². The Bertz CT molecular complexity index is 810.